The summed E-state index contributed by atoms with van der Waals surface area (Å²) >= 11 is 3.43. The van der Waals surface area contributed by atoms with Crippen molar-refractivity contribution < 1.29 is 9.90 Å². The van der Waals surface area contributed by atoms with Gasteiger partial charge in [-0.3, -0.25) is 0 Å². The number of halogens is 1. The van der Waals surface area contributed by atoms with Crippen molar-refractivity contribution in [3.05, 3.63) is 28.2 Å². The van der Waals surface area contributed by atoms with Crippen molar-refractivity contribution in [2.45, 2.75) is 25.3 Å². The molecule has 0 bridgehead atoms. The van der Waals surface area contributed by atoms with Gasteiger partial charge in [0.15, 0.2) is 0 Å². The van der Waals surface area contributed by atoms with E-state index in [0.717, 1.165) is 29.7 Å². The van der Waals surface area contributed by atoms with Crippen LogP contribution in [0.3, 0.4) is 0 Å². The van der Waals surface area contributed by atoms with Crippen molar-refractivity contribution in [2.75, 3.05) is 31.6 Å². The van der Waals surface area contributed by atoms with E-state index in [2.05, 4.69) is 32.8 Å². The van der Waals surface area contributed by atoms with Gasteiger partial charge in [-0.2, -0.15) is 0 Å². The number of rotatable bonds is 2. The summed E-state index contributed by atoms with van der Waals surface area (Å²) in [6.07, 6.45) is 3.71. The van der Waals surface area contributed by atoms with E-state index in [1.807, 2.05) is 6.07 Å². The van der Waals surface area contributed by atoms with Gasteiger partial charge in [0.25, 0.3) is 0 Å². The molecule has 0 aromatic heterocycles. The van der Waals surface area contributed by atoms with Gasteiger partial charge in [-0.1, -0.05) is 15.9 Å². The van der Waals surface area contributed by atoms with E-state index >= 15 is 0 Å². The zero-order valence-electron chi connectivity index (χ0n) is 12.3. The van der Waals surface area contributed by atoms with Crippen LogP contribution in [0.1, 0.15) is 29.6 Å². The van der Waals surface area contributed by atoms with Gasteiger partial charge in [-0.25, -0.2) is 4.79 Å². The lowest BCUT2D eigenvalue weighted by Crippen LogP contribution is -2.52. The molecule has 2 atom stereocenters. The van der Waals surface area contributed by atoms with Crippen LogP contribution in [0.5, 0.6) is 0 Å². The average Bonchev–Trinajstić information content (AvgIpc) is 2.46. The molecule has 1 aromatic rings. The molecule has 2 unspecified atom stereocenters. The molecule has 2 fully saturated rings. The second kappa shape index (κ2) is 5.97. The summed E-state index contributed by atoms with van der Waals surface area (Å²) in [7, 11) is 2.23. The number of aromatic carboxylic acids is 1. The molecule has 0 spiro atoms. The van der Waals surface area contributed by atoms with E-state index in [9.17, 15) is 9.90 Å². The Balaban J connectivity index is 1.80. The Morgan fingerprint density at radius 1 is 1.29 bits per heavy atom. The minimum Gasteiger partial charge on any atom is -0.478 e. The Labute approximate surface area is 133 Å². The number of likely N-dealkylation sites (tertiary alicyclic amines) is 1. The van der Waals surface area contributed by atoms with Gasteiger partial charge in [-0.05, 0) is 57.0 Å². The maximum Gasteiger partial charge on any atom is 0.335 e. The van der Waals surface area contributed by atoms with Gasteiger partial charge < -0.3 is 14.9 Å². The molecule has 0 saturated carbocycles. The molecule has 2 aliphatic heterocycles. The third kappa shape index (κ3) is 3.09. The van der Waals surface area contributed by atoms with Gasteiger partial charge >= 0.3 is 5.97 Å². The van der Waals surface area contributed by atoms with Crippen molar-refractivity contribution in [3.63, 3.8) is 0 Å². The summed E-state index contributed by atoms with van der Waals surface area (Å²) in [5.74, 6) is -0.172. The van der Waals surface area contributed by atoms with E-state index < -0.39 is 5.97 Å². The normalized spacial score (nSPS) is 26.5. The smallest absolute Gasteiger partial charge is 0.335 e. The molecule has 0 aliphatic carbocycles. The number of carbonyl (C=O) groups is 1. The maximum absolute atomic E-state index is 11.2. The van der Waals surface area contributed by atoms with Crippen LogP contribution < -0.4 is 4.90 Å². The van der Waals surface area contributed by atoms with Crippen LogP contribution >= 0.6 is 15.9 Å². The monoisotopic (exact) mass is 352 g/mol. The van der Waals surface area contributed by atoms with Crippen LogP contribution in [0.25, 0.3) is 0 Å². The molecular formula is C16H21BrN2O2. The highest BCUT2D eigenvalue weighted by Crippen LogP contribution is 2.33. The molecule has 2 saturated heterocycles. The van der Waals surface area contributed by atoms with Crippen LogP contribution in [0.15, 0.2) is 22.7 Å². The predicted molar refractivity (Wildman–Crippen MR) is 87.1 cm³/mol. The Morgan fingerprint density at radius 3 is 2.86 bits per heavy atom. The second-order valence-corrected chi connectivity index (χ2v) is 7.10. The van der Waals surface area contributed by atoms with Gasteiger partial charge in [0.2, 0.25) is 0 Å². The topological polar surface area (TPSA) is 43.8 Å². The van der Waals surface area contributed by atoms with Crippen molar-refractivity contribution >= 4 is 27.6 Å². The number of carboxylic acids is 1. The molecular weight excluding hydrogens is 332 g/mol. The van der Waals surface area contributed by atoms with Crippen molar-refractivity contribution in [3.8, 4) is 0 Å². The maximum atomic E-state index is 11.2. The minimum absolute atomic E-state index is 0.349. The first kappa shape index (κ1) is 14.9. The molecule has 4 nitrogen and oxygen atoms in total. The van der Waals surface area contributed by atoms with E-state index in [4.69, 9.17) is 0 Å². The first-order valence-electron chi connectivity index (χ1n) is 7.53. The minimum atomic E-state index is -0.871. The molecule has 3 rings (SSSR count). The highest BCUT2D eigenvalue weighted by molar-refractivity contribution is 9.10. The number of nitrogens with zero attached hydrogens (tertiary/aromatic N) is 2. The summed E-state index contributed by atoms with van der Waals surface area (Å²) in [5.41, 5.74) is 1.37. The number of piperidine rings is 2. The Bertz CT molecular complexity index is 549. The fourth-order valence-corrected chi connectivity index (χ4v) is 4.25. The molecule has 114 valence electrons. The quantitative estimate of drug-likeness (QED) is 0.888. The lowest BCUT2D eigenvalue weighted by Gasteiger charge is -2.46. The number of benzene rings is 1. The van der Waals surface area contributed by atoms with E-state index in [1.54, 1.807) is 12.1 Å². The van der Waals surface area contributed by atoms with E-state index in [-0.39, 0.29) is 0 Å². The second-order valence-electron chi connectivity index (χ2n) is 6.19. The van der Waals surface area contributed by atoms with E-state index in [1.165, 1.54) is 19.4 Å². The standard InChI is InChI=1S/C16H21BrN2O2/c1-18-5-2-3-11-10-19(6-4-15(11)18)14-8-12(16(20)21)7-13(17)9-14/h7-9,11,15H,2-6,10H2,1H3,(H,20,21). The van der Waals surface area contributed by atoms with E-state index in [0.29, 0.717) is 17.5 Å². The van der Waals surface area contributed by atoms with Gasteiger partial charge in [-0.15, -0.1) is 0 Å². The molecule has 0 radical (unpaired) electrons. The highest BCUT2D eigenvalue weighted by Gasteiger charge is 2.34. The van der Waals surface area contributed by atoms with Crippen molar-refractivity contribution in [1.29, 1.82) is 0 Å². The van der Waals surface area contributed by atoms with Gasteiger partial charge in [0.05, 0.1) is 5.56 Å². The molecule has 5 heteroatoms. The summed E-state index contributed by atoms with van der Waals surface area (Å²) in [5, 5.41) is 9.21. The fourth-order valence-electron chi connectivity index (χ4n) is 3.77. The zero-order valence-corrected chi connectivity index (χ0v) is 13.8. The summed E-state index contributed by atoms with van der Waals surface area (Å²) in [4.78, 5) is 16.1. The lowest BCUT2D eigenvalue weighted by molar-refractivity contribution is 0.0696. The number of anilines is 1. The Hall–Kier alpha value is -1.07. The fraction of sp³-hybridized carbons (Fsp3) is 0.562. The highest BCUT2D eigenvalue weighted by atomic mass is 79.9. The number of fused-ring (bicyclic) bond motifs is 1. The van der Waals surface area contributed by atoms with Crippen LogP contribution in [-0.4, -0.2) is 48.7 Å². The van der Waals surface area contributed by atoms with Crippen molar-refractivity contribution in [1.82, 2.24) is 4.90 Å². The van der Waals surface area contributed by atoms with Crippen LogP contribution in [0.2, 0.25) is 0 Å². The molecule has 1 N–H and O–H groups in total. The van der Waals surface area contributed by atoms with Gasteiger partial charge in [0.1, 0.15) is 0 Å². The van der Waals surface area contributed by atoms with Crippen LogP contribution in [0.4, 0.5) is 5.69 Å². The number of hydrogen-bond donors (Lipinski definition) is 1. The molecule has 2 aliphatic rings. The van der Waals surface area contributed by atoms with Crippen LogP contribution in [0, 0.1) is 5.92 Å². The third-order valence-corrected chi connectivity index (χ3v) is 5.30. The predicted octanol–water partition coefficient (Wildman–Crippen LogP) is 3.07. The first-order chi connectivity index (χ1) is 10.0. The Morgan fingerprint density at radius 2 is 2.10 bits per heavy atom. The Kier molecular flexibility index (Phi) is 4.22. The average molecular weight is 353 g/mol. The summed E-state index contributed by atoms with van der Waals surface area (Å²) in [6.45, 7) is 3.24. The first-order valence-corrected chi connectivity index (χ1v) is 8.33. The molecule has 0 amide bonds. The molecule has 21 heavy (non-hydrogen) atoms. The molecule has 2 heterocycles. The summed E-state index contributed by atoms with van der Waals surface area (Å²) in [6, 6.07) is 6.17. The van der Waals surface area contributed by atoms with Crippen molar-refractivity contribution in [2.24, 2.45) is 5.92 Å². The lowest BCUT2D eigenvalue weighted by atomic mass is 9.84. The zero-order chi connectivity index (χ0) is 15.0. The third-order valence-electron chi connectivity index (χ3n) is 4.84. The van der Waals surface area contributed by atoms with Crippen LogP contribution in [-0.2, 0) is 0 Å². The van der Waals surface area contributed by atoms with Gasteiger partial charge in [0, 0.05) is 29.3 Å². The molecule has 1 aromatic carbocycles. The number of carboxylic acid groups (broad SMARTS) is 1. The SMILES string of the molecule is CN1CCCC2CN(c3cc(Br)cc(C(=O)O)c3)CCC21. The summed E-state index contributed by atoms with van der Waals surface area (Å²) < 4.78 is 0.834. The number of hydrogen-bond acceptors (Lipinski definition) is 3. The largest absolute Gasteiger partial charge is 0.478 e.